The smallest absolute Gasteiger partial charge is 0.242 e. The van der Waals surface area contributed by atoms with Crippen LogP contribution in [0.15, 0.2) is 60.7 Å². The van der Waals surface area contributed by atoms with Gasteiger partial charge in [0.25, 0.3) is 0 Å². The summed E-state index contributed by atoms with van der Waals surface area (Å²) >= 11 is 0. The van der Waals surface area contributed by atoms with Crippen LogP contribution in [0.1, 0.15) is 16.7 Å². The zero-order chi connectivity index (χ0) is 26.2. The second-order valence-electron chi connectivity index (χ2n) is 8.35. The van der Waals surface area contributed by atoms with Crippen molar-refractivity contribution >= 4 is 11.8 Å². The van der Waals surface area contributed by atoms with E-state index in [0.717, 1.165) is 0 Å². The highest BCUT2D eigenvalue weighted by atomic mass is 19.1. The molecule has 0 aliphatic heterocycles. The van der Waals surface area contributed by atoms with Crippen LogP contribution >= 0.6 is 0 Å². The number of carbonyl (C=O) groups is 2. The fourth-order valence-electron chi connectivity index (χ4n) is 3.59. The molecule has 0 saturated heterocycles. The van der Waals surface area contributed by atoms with E-state index in [1.165, 1.54) is 48.5 Å². The summed E-state index contributed by atoms with van der Waals surface area (Å²) in [6.07, 6.45) is 0.252. The van der Waals surface area contributed by atoms with Crippen LogP contribution in [0, 0.1) is 5.82 Å². The third-order valence-corrected chi connectivity index (χ3v) is 5.60. The lowest BCUT2D eigenvalue weighted by Gasteiger charge is -2.21. The number of aromatic hydroxyl groups is 4. The van der Waals surface area contributed by atoms with Gasteiger partial charge in [0.15, 0.2) is 23.0 Å². The molecule has 0 aromatic heterocycles. The zero-order valence-electron chi connectivity index (χ0n) is 19.3. The Hall–Kier alpha value is -4.31. The summed E-state index contributed by atoms with van der Waals surface area (Å²) in [5.41, 5.74) is 7.38. The van der Waals surface area contributed by atoms with E-state index in [9.17, 15) is 34.4 Å². The van der Waals surface area contributed by atoms with E-state index < -0.39 is 29.7 Å². The highest BCUT2D eigenvalue weighted by Crippen LogP contribution is 2.26. The van der Waals surface area contributed by atoms with E-state index in [2.05, 4.69) is 10.6 Å². The Morgan fingerprint density at radius 1 is 0.806 bits per heavy atom. The lowest BCUT2D eigenvalue weighted by atomic mass is 10.0. The number of hydrogen-bond acceptors (Lipinski definition) is 7. The molecule has 9 nitrogen and oxygen atoms in total. The van der Waals surface area contributed by atoms with Crippen molar-refractivity contribution in [2.75, 3.05) is 6.54 Å². The Labute approximate surface area is 207 Å². The van der Waals surface area contributed by atoms with Crippen molar-refractivity contribution in [3.05, 3.63) is 83.2 Å². The van der Waals surface area contributed by atoms with Crippen LogP contribution < -0.4 is 16.4 Å². The number of carbonyl (C=O) groups excluding carboxylic acids is 2. The van der Waals surface area contributed by atoms with Gasteiger partial charge in [0.2, 0.25) is 11.8 Å². The van der Waals surface area contributed by atoms with Crippen LogP contribution in [0.5, 0.6) is 23.0 Å². The van der Waals surface area contributed by atoms with Crippen molar-refractivity contribution in [3.63, 3.8) is 0 Å². The number of rotatable bonds is 10. The molecular formula is C26H28FN3O6. The molecule has 0 heterocycles. The van der Waals surface area contributed by atoms with Gasteiger partial charge < -0.3 is 36.8 Å². The number of phenols is 4. The van der Waals surface area contributed by atoms with Gasteiger partial charge in [0, 0.05) is 13.0 Å². The van der Waals surface area contributed by atoms with E-state index in [1.807, 2.05) is 0 Å². The summed E-state index contributed by atoms with van der Waals surface area (Å²) in [5.74, 6) is -2.92. The van der Waals surface area contributed by atoms with Crippen LogP contribution in [-0.2, 0) is 28.9 Å². The van der Waals surface area contributed by atoms with E-state index in [0.29, 0.717) is 17.5 Å². The summed E-state index contributed by atoms with van der Waals surface area (Å²) in [6, 6.07) is 12.1. The average Bonchev–Trinajstić information content (AvgIpc) is 2.84. The van der Waals surface area contributed by atoms with Crippen LogP contribution in [0.4, 0.5) is 4.39 Å². The largest absolute Gasteiger partial charge is 0.504 e. The molecule has 0 saturated carbocycles. The number of phenolic OH excluding ortho intramolecular Hbond substituents is 4. The maximum absolute atomic E-state index is 14.0. The van der Waals surface area contributed by atoms with Crippen LogP contribution in [0.2, 0.25) is 0 Å². The number of nitrogens with two attached hydrogens (primary N) is 1. The SMILES string of the molecule is NC(Cc1ccccc1F)C(=O)NC(Cc1ccc(O)c(O)c1)C(=O)NCCc1ccc(O)c(O)c1. The van der Waals surface area contributed by atoms with Crippen LogP contribution in [0.3, 0.4) is 0 Å². The molecule has 10 heteroatoms. The van der Waals surface area contributed by atoms with Crippen molar-refractivity contribution in [2.24, 2.45) is 5.73 Å². The molecule has 2 unspecified atom stereocenters. The molecule has 0 aliphatic rings. The Morgan fingerprint density at radius 3 is 2.06 bits per heavy atom. The molecule has 36 heavy (non-hydrogen) atoms. The Bertz CT molecular complexity index is 1240. The molecule has 3 aromatic carbocycles. The van der Waals surface area contributed by atoms with Gasteiger partial charge in [-0.25, -0.2) is 4.39 Å². The van der Waals surface area contributed by atoms with Gasteiger partial charge in [0.1, 0.15) is 11.9 Å². The van der Waals surface area contributed by atoms with E-state index in [4.69, 9.17) is 5.73 Å². The first-order valence-electron chi connectivity index (χ1n) is 11.2. The summed E-state index contributed by atoms with van der Waals surface area (Å²) in [5, 5.41) is 43.7. The first-order chi connectivity index (χ1) is 17.1. The molecule has 190 valence electrons. The minimum atomic E-state index is -1.12. The van der Waals surface area contributed by atoms with Gasteiger partial charge in [0.05, 0.1) is 6.04 Å². The van der Waals surface area contributed by atoms with Crippen molar-refractivity contribution in [2.45, 2.75) is 31.3 Å². The van der Waals surface area contributed by atoms with Gasteiger partial charge in [-0.05, 0) is 59.9 Å². The molecule has 0 fully saturated rings. The molecule has 0 radical (unpaired) electrons. The summed E-state index contributed by atoms with van der Waals surface area (Å²) < 4.78 is 14.0. The summed E-state index contributed by atoms with van der Waals surface area (Å²) in [4.78, 5) is 25.7. The fraction of sp³-hybridized carbons (Fsp3) is 0.231. The minimum absolute atomic E-state index is 0.0160. The Kier molecular flexibility index (Phi) is 8.69. The number of nitrogens with one attached hydrogen (secondary N) is 2. The van der Waals surface area contributed by atoms with Crippen LogP contribution in [0.25, 0.3) is 0 Å². The summed E-state index contributed by atoms with van der Waals surface area (Å²) in [7, 11) is 0. The monoisotopic (exact) mass is 497 g/mol. The van der Waals surface area contributed by atoms with E-state index in [1.54, 1.807) is 12.1 Å². The van der Waals surface area contributed by atoms with Gasteiger partial charge in [-0.3, -0.25) is 9.59 Å². The topological polar surface area (TPSA) is 165 Å². The van der Waals surface area contributed by atoms with Crippen molar-refractivity contribution in [1.29, 1.82) is 0 Å². The lowest BCUT2D eigenvalue weighted by Crippen LogP contribution is -2.53. The zero-order valence-corrected chi connectivity index (χ0v) is 19.3. The maximum atomic E-state index is 14.0. The average molecular weight is 498 g/mol. The third kappa shape index (κ3) is 7.09. The van der Waals surface area contributed by atoms with E-state index >= 15 is 0 Å². The number of benzene rings is 3. The molecule has 8 N–H and O–H groups in total. The normalized spacial score (nSPS) is 12.5. The van der Waals surface area contributed by atoms with Crippen molar-refractivity contribution in [1.82, 2.24) is 10.6 Å². The molecular weight excluding hydrogens is 469 g/mol. The van der Waals surface area contributed by atoms with E-state index in [-0.39, 0.29) is 47.9 Å². The first kappa shape index (κ1) is 26.3. The maximum Gasteiger partial charge on any atom is 0.242 e. The van der Waals surface area contributed by atoms with Gasteiger partial charge in [-0.2, -0.15) is 0 Å². The molecule has 0 bridgehead atoms. The Balaban J connectivity index is 1.68. The van der Waals surface area contributed by atoms with Gasteiger partial charge >= 0.3 is 0 Å². The minimum Gasteiger partial charge on any atom is -0.504 e. The number of halogens is 1. The molecule has 0 spiro atoms. The predicted octanol–water partition coefficient (Wildman–Crippen LogP) is 1.60. The second-order valence-corrected chi connectivity index (χ2v) is 8.35. The second kappa shape index (κ2) is 11.9. The lowest BCUT2D eigenvalue weighted by molar-refractivity contribution is -0.129. The quantitative estimate of drug-likeness (QED) is 0.209. The molecule has 2 amide bonds. The fourth-order valence-corrected chi connectivity index (χ4v) is 3.59. The van der Waals surface area contributed by atoms with Gasteiger partial charge in [-0.1, -0.05) is 30.3 Å². The number of amides is 2. The van der Waals surface area contributed by atoms with Crippen LogP contribution in [-0.4, -0.2) is 50.9 Å². The number of hydrogen-bond donors (Lipinski definition) is 7. The third-order valence-electron chi connectivity index (χ3n) is 5.60. The van der Waals surface area contributed by atoms with Crippen molar-refractivity contribution < 1.29 is 34.4 Å². The molecule has 3 rings (SSSR count). The molecule has 2 atom stereocenters. The highest BCUT2D eigenvalue weighted by Gasteiger charge is 2.25. The standard InChI is InChI=1S/C26H28FN3O6/c27-18-4-2-1-3-17(18)14-19(28)25(35)30-20(11-16-6-8-22(32)24(34)13-16)26(36)29-10-9-15-5-7-21(31)23(33)12-15/h1-8,12-13,19-20,31-34H,9-11,14,28H2,(H,29,36)(H,30,35). The van der Waals surface area contributed by atoms with Crippen molar-refractivity contribution in [3.8, 4) is 23.0 Å². The molecule has 0 aliphatic carbocycles. The summed E-state index contributed by atoms with van der Waals surface area (Å²) in [6.45, 7) is 0.164. The first-order valence-corrected chi connectivity index (χ1v) is 11.2. The predicted molar refractivity (Wildman–Crippen MR) is 130 cm³/mol. The highest BCUT2D eigenvalue weighted by molar-refractivity contribution is 5.90. The molecule has 3 aromatic rings. The van der Waals surface area contributed by atoms with Gasteiger partial charge in [-0.15, -0.1) is 0 Å². The Morgan fingerprint density at radius 2 is 1.42 bits per heavy atom.